The Kier molecular flexibility index (Phi) is 3.86. The monoisotopic (exact) mass is 289 g/mol. The zero-order valence-corrected chi connectivity index (χ0v) is 12.2. The highest BCUT2D eigenvalue weighted by molar-refractivity contribution is 5.44. The van der Waals surface area contributed by atoms with Crippen molar-refractivity contribution < 1.29 is 18.6 Å². The Hall–Kier alpha value is -1.98. The third kappa shape index (κ3) is 3.04. The second-order valence-corrected chi connectivity index (χ2v) is 5.23. The minimum absolute atomic E-state index is 0.162. The lowest BCUT2D eigenvalue weighted by Gasteiger charge is -2.19. The van der Waals surface area contributed by atoms with Gasteiger partial charge in [0.1, 0.15) is 17.6 Å². The smallest absolute Gasteiger partial charge is 0.231 e. The summed E-state index contributed by atoms with van der Waals surface area (Å²) in [6.07, 6.45) is -0.274. The molecule has 0 bridgehead atoms. The topological polar surface area (TPSA) is 66.8 Å². The first-order valence-electron chi connectivity index (χ1n) is 6.95. The highest BCUT2D eigenvalue weighted by Gasteiger charge is 2.21. The number of hydrogen-bond donors (Lipinski definition) is 1. The van der Waals surface area contributed by atoms with Gasteiger partial charge in [-0.2, -0.15) is 0 Å². The van der Waals surface area contributed by atoms with Crippen LogP contribution in [0.3, 0.4) is 0 Å². The zero-order chi connectivity index (χ0) is 14.8. The third-order valence-electron chi connectivity index (χ3n) is 3.39. The van der Waals surface area contributed by atoms with Gasteiger partial charge in [0.25, 0.3) is 0 Å². The van der Waals surface area contributed by atoms with Crippen LogP contribution in [0.5, 0.6) is 11.5 Å². The van der Waals surface area contributed by atoms with Crippen LogP contribution in [0.15, 0.2) is 34.7 Å². The second-order valence-electron chi connectivity index (χ2n) is 5.23. The summed E-state index contributed by atoms with van der Waals surface area (Å²) in [5.74, 6) is 3.12. The zero-order valence-electron chi connectivity index (χ0n) is 12.2. The maximum atomic E-state index is 6.00. The van der Waals surface area contributed by atoms with Crippen LogP contribution in [-0.2, 0) is 11.3 Å². The SMILES string of the molecule is Cc1ccc(C(OCc2ccc3c(c2)OCO3)C(C)N)o1. The Balaban J connectivity index is 1.69. The summed E-state index contributed by atoms with van der Waals surface area (Å²) in [5.41, 5.74) is 7.01. The van der Waals surface area contributed by atoms with Crippen LogP contribution in [0, 0.1) is 6.92 Å². The van der Waals surface area contributed by atoms with Crippen molar-refractivity contribution >= 4 is 0 Å². The van der Waals surface area contributed by atoms with Gasteiger partial charge in [-0.15, -0.1) is 0 Å². The molecule has 0 radical (unpaired) electrons. The van der Waals surface area contributed by atoms with Crippen molar-refractivity contribution in [2.24, 2.45) is 5.73 Å². The fourth-order valence-electron chi connectivity index (χ4n) is 2.32. The number of nitrogens with two attached hydrogens (primary N) is 1. The Bertz CT molecular complexity index is 620. The van der Waals surface area contributed by atoms with Gasteiger partial charge in [0.05, 0.1) is 6.61 Å². The third-order valence-corrected chi connectivity index (χ3v) is 3.39. The maximum Gasteiger partial charge on any atom is 0.231 e. The molecule has 3 rings (SSSR count). The van der Waals surface area contributed by atoms with Crippen LogP contribution >= 0.6 is 0 Å². The van der Waals surface area contributed by atoms with E-state index >= 15 is 0 Å². The highest BCUT2D eigenvalue weighted by Crippen LogP contribution is 2.33. The van der Waals surface area contributed by atoms with Gasteiger partial charge >= 0.3 is 0 Å². The molecule has 1 aliphatic heterocycles. The van der Waals surface area contributed by atoms with E-state index in [4.69, 9.17) is 24.4 Å². The molecule has 5 heteroatoms. The molecule has 2 N–H and O–H groups in total. The lowest BCUT2D eigenvalue weighted by atomic mass is 10.1. The van der Waals surface area contributed by atoms with Crippen LogP contribution in [0.2, 0.25) is 0 Å². The molecule has 2 atom stereocenters. The average Bonchev–Trinajstić information content (AvgIpc) is 3.07. The molecule has 1 aromatic carbocycles. The fraction of sp³-hybridized carbons (Fsp3) is 0.375. The largest absolute Gasteiger partial charge is 0.464 e. The number of furan rings is 1. The molecule has 0 spiro atoms. The van der Waals surface area contributed by atoms with E-state index in [2.05, 4.69) is 0 Å². The van der Waals surface area contributed by atoms with Gasteiger partial charge in [0.15, 0.2) is 11.5 Å². The molecule has 2 heterocycles. The van der Waals surface area contributed by atoms with Crippen LogP contribution in [0.4, 0.5) is 0 Å². The number of rotatable bonds is 5. The van der Waals surface area contributed by atoms with Gasteiger partial charge in [0.2, 0.25) is 6.79 Å². The summed E-state index contributed by atoms with van der Waals surface area (Å²) >= 11 is 0. The van der Waals surface area contributed by atoms with Crippen LogP contribution < -0.4 is 15.2 Å². The van der Waals surface area contributed by atoms with Crippen molar-refractivity contribution in [2.75, 3.05) is 6.79 Å². The van der Waals surface area contributed by atoms with Crippen molar-refractivity contribution in [2.45, 2.75) is 32.6 Å². The standard InChI is InChI=1S/C16H19NO4/c1-10-3-5-14(21-10)16(11(2)17)18-8-12-4-6-13-15(7-12)20-9-19-13/h3-7,11,16H,8-9,17H2,1-2H3. The molecule has 5 nitrogen and oxygen atoms in total. The summed E-state index contributed by atoms with van der Waals surface area (Å²) in [6.45, 7) is 4.51. The molecule has 0 aliphatic carbocycles. The predicted octanol–water partition coefficient (Wildman–Crippen LogP) is 2.92. The lowest BCUT2D eigenvalue weighted by Crippen LogP contribution is -2.26. The van der Waals surface area contributed by atoms with Crippen molar-refractivity contribution in [1.82, 2.24) is 0 Å². The first-order valence-corrected chi connectivity index (χ1v) is 6.95. The summed E-state index contributed by atoms with van der Waals surface area (Å²) in [5, 5.41) is 0. The van der Waals surface area contributed by atoms with Gasteiger partial charge in [0, 0.05) is 6.04 Å². The minimum Gasteiger partial charge on any atom is -0.464 e. The maximum absolute atomic E-state index is 6.00. The summed E-state index contributed by atoms with van der Waals surface area (Å²) in [7, 11) is 0. The van der Waals surface area contributed by atoms with E-state index in [1.165, 1.54) is 0 Å². The predicted molar refractivity (Wildman–Crippen MR) is 77.2 cm³/mol. The van der Waals surface area contributed by atoms with Gasteiger partial charge in [-0.3, -0.25) is 0 Å². The molecule has 2 unspecified atom stereocenters. The number of benzene rings is 1. The normalized spacial score (nSPS) is 16.0. The molecule has 1 aromatic heterocycles. The van der Waals surface area contributed by atoms with Gasteiger partial charge in [-0.1, -0.05) is 6.07 Å². The van der Waals surface area contributed by atoms with Gasteiger partial charge < -0.3 is 24.4 Å². The summed E-state index contributed by atoms with van der Waals surface area (Å²) < 4.78 is 22.2. The van der Waals surface area contributed by atoms with E-state index in [1.54, 1.807) is 0 Å². The Morgan fingerprint density at radius 3 is 2.71 bits per heavy atom. The van der Waals surface area contributed by atoms with E-state index in [0.29, 0.717) is 6.61 Å². The molecule has 112 valence electrons. The van der Waals surface area contributed by atoms with Crippen LogP contribution in [-0.4, -0.2) is 12.8 Å². The molecule has 1 aliphatic rings. The molecule has 0 saturated carbocycles. The summed E-state index contributed by atoms with van der Waals surface area (Å²) in [4.78, 5) is 0. The van der Waals surface area contributed by atoms with E-state index in [-0.39, 0.29) is 18.9 Å². The number of ether oxygens (including phenoxy) is 3. The van der Waals surface area contributed by atoms with E-state index in [1.807, 2.05) is 44.2 Å². The Labute approximate surface area is 123 Å². The second kappa shape index (κ2) is 5.79. The molecule has 0 saturated heterocycles. The average molecular weight is 289 g/mol. The molecule has 0 fully saturated rings. The number of aryl methyl sites for hydroxylation is 1. The fourth-order valence-corrected chi connectivity index (χ4v) is 2.32. The molecular weight excluding hydrogens is 270 g/mol. The molecular formula is C16H19NO4. The summed E-state index contributed by atoms with van der Waals surface area (Å²) in [6, 6.07) is 9.42. The van der Waals surface area contributed by atoms with Crippen LogP contribution in [0.25, 0.3) is 0 Å². The highest BCUT2D eigenvalue weighted by atomic mass is 16.7. The van der Waals surface area contributed by atoms with Crippen molar-refractivity contribution in [1.29, 1.82) is 0 Å². The van der Waals surface area contributed by atoms with E-state index in [9.17, 15) is 0 Å². The van der Waals surface area contributed by atoms with Crippen LogP contribution in [0.1, 0.15) is 30.1 Å². The number of hydrogen-bond acceptors (Lipinski definition) is 5. The Morgan fingerprint density at radius 1 is 1.19 bits per heavy atom. The van der Waals surface area contributed by atoms with Gasteiger partial charge in [-0.25, -0.2) is 0 Å². The van der Waals surface area contributed by atoms with E-state index in [0.717, 1.165) is 28.6 Å². The number of fused-ring (bicyclic) bond motifs is 1. The molecule has 2 aromatic rings. The quantitative estimate of drug-likeness (QED) is 0.916. The minimum atomic E-state index is -0.274. The lowest BCUT2D eigenvalue weighted by molar-refractivity contribution is 0.0115. The first-order chi connectivity index (χ1) is 10.1. The first kappa shape index (κ1) is 14.0. The van der Waals surface area contributed by atoms with Crippen molar-refractivity contribution in [3.63, 3.8) is 0 Å². The Morgan fingerprint density at radius 2 is 2.00 bits per heavy atom. The van der Waals surface area contributed by atoms with Crippen molar-refractivity contribution in [3.8, 4) is 11.5 Å². The van der Waals surface area contributed by atoms with Crippen molar-refractivity contribution in [3.05, 3.63) is 47.4 Å². The van der Waals surface area contributed by atoms with E-state index < -0.39 is 0 Å². The van der Waals surface area contributed by atoms with Gasteiger partial charge in [-0.05, 0) is 43.7 Å². The molecule has 0 amide bonds. The molecule has 21 heavy (non-hydrogen) atoms.